The summed E-state index contributed by atoms with van der Waals surface area (Å²) in [5.41, 5.74) is 1.33. The number of Topliss-reactive ketones (excluding diaryl/α,β-unsaturated/α-hetero) is 1. The number of ketones is 1. The second-order valence-electron chi connectivity index (χ2n) is 5.96. The van der Waals surface area contributed by atoms with Gasteiger partial charge in [-0.3, -0.25) is 4.79 Å². The Morgan fingerprint density at radius 2 is 1.36 bits per heavy atom. The third-order valence-electron chi connectivity index (χ3n) is 4.26. The summed E-state index contributed by atoms with van der Waals surface area (Å²) >= 11 is 0. The fourth-order valence-corrected chi connectivity index (χ4v) is 2.90. The van der Waals surface area contributed by atoms with E-state index in [9.17, 15) is 4.79 Å². The van der Waals surface area contributed by atoms with Crippen molar-refractivity contribution in [2.45, 2.75) is 11.7 Å². The van der Waals surface area contributed by atoms with Crippen LogP contribution in [0.3, 0.4) is 0 Å². The van der Waals surface area contributed by atoms with Crippen molar-refractivity contribution in [3.63, 3.8) is 0 Å². The lowest BCUT2D eigenvalue weighted by molar-refractivity contribution is 0.0916. The Hall–Kier alpha value is -3.15. The Morgan fingerprint density at radius 1 is 0.800 bits per heavy atom. The average Bonchev–Trinajstić information content (AvgIpc) is 3.44. The van der Waals surface area contributed by atoms with E-state index in [0.717, 1.165) is 11.1 Å². The third-order valence-corrected chi connectivity index (χ3v) is 4.26. The Labute approximate surface area is 147 Å². The molecular weight excluding hydrogens is 308 g/mol. The molecule has 0 spiro atoms. The predicted octanol–water partition coefficient (Wildman–Crippen LogP) is 4.43. The van der Waals surface area contributed by atoms with E-state index < -0.39 is 5.60 Å². The summed E-state index contributed by atoms with van der Waals surface area (Å²) < 4.78 is 5.91. The normalized spacial score (nSPS) is 21.0. The van der Waals surface area contributed by atoms with Crippen LogP contribution in [-0.2, 0) is 4.74 Å². The van der Waals surface area contributed by atoms with Crippen molar-refractivity contribution in [2.24, 2.45) is 0 Å². The fourth-order valence-electron chi connectivity index (χ4n) is 2.90. The lowest BCUT2D eigenvalue weighted by Crippen LogP contribution is -2.24. The first-order valence-corrected chi connectivity index (χ1v) is 8.20. The number of rotatable bonds is 3. The highest BCUT2D eigenvalue weighted by Gasteiger charge is 2.62. The van der Waals surface area contributed by atoms with Gasteiger partial charge in [0.25, 0.3) is 0 Å². The van der Waals surface area contributed by atoms with Crippen molar-refractivity contribution >= 4 is 5.78 Å². The van der Waals surface area contributed by atoms with E-state index in [0.29, 0.717) is 5.56 Å². The molecule has 120 valence electrons. The van der Waals surface area contributed by atoms with E-state index in [1.807, 2.05) is 78.9 Å². The molecule has 25 heavy (non-hydrogen) atoms. The van der Waals surface area contributed by atoms with Gasteiger partial charge in [0.05, 0.1) is 0 Å². The van der Waals surface area contributed by atoms with Gasteiger partial charge in [-0.1, -0.05) is 90.7 Å². The molecule has 1 aliphatic rings. The second-order valence-corrected chi connectivity index (χ2v) is 5.96. The molecule has 0 amide bonds. The van der Waals surface area contributed by atoms with Gasteiger partial charge in [-0.05, 0) is 17.7 Å². The molecule has 0 saturated carbocycles. The summed E-state index contributed by atoms with van der Waals surface area (Å²) in [7, 11) is 0. The molecule has 1 aliphatic heterocycles. The number of benzene rings is 3. The molecule has 0 bridgehead atoms. The highest BCUT2D eigenvalue weighted by molar-refractivity contribution is 6.07. The van der Waals surface area contributed by atoms with Gasteiger partial charge >= 0.3 is 0 Å². The number of carbonyl (C=O) groups excluding carboxylic acids is 1. The van der Waals surface area contributed by atoms with Crippen LogP contribution in [0.2, 0.25) is 0 Å². The zero-order chi connectivity index (χ0) is 17.1. The van der Waals surface area contributed by atoms with Crippen molar-refractivity contribution < 1.29 is 9.53 Å². The van der Waals surface area contributed by atoms with Crippen molar-refractivity contribution in [1.82, 2.24) is 0 Å². The van der Waals surface area contributed by atoms with Crippen molar-refractivity contribution in [3.8, 4) is 11.8 Å². The van der Waals surface area contributed by atoms with Crippen molar-refractivity contribution in [3.05, 3.63) is 108 Å². The van der Waals surface area contributed by atoms with E-state index in [1.54, 1.807) is 12.1 Å². The molecule has 4 rings (SSSR count). The zero-order valence-electron chi connectivity index (χ0n) is 13.6. The van der Waals surface area contributed by atoms with Crippen molar-refractivity contribution in [1.29, 1.82) is 0 Å². The van der Waals surface area contributed by atoms with Gasteiger partial charge in [-0.15, -0.1) is 0 Å². The van der Waals surface area contributed by atoms with Crippen LogP contribution in [0.5, 0.6) is 0 Å². The molecule has 2 heteroatoms. The highest BCUT2D eigenvalue weighted by atomic mass is 16.6. The molecule has 3 aromatic carbocycles. The number of carbonyl (C=O) groups is 1. The van der Waals surface area contributed by atoms with Crippen LogP contribution in [0.4, 0.5) is 0 Å². The van der Waals surface area contributed by atoms with E-state index in [2.05, 4.69) is 11.8 Å². The van der Waals surface area contributed by atoms with Gasteiger partial charge in [0.15, 0.2) is 0 Å². The Kier molecular flexibility index (Phi) is 3.93. The lowest BCUT2D eigenvalue weighted by Gasteiger charge is -2.05. The lowest BCUT2D eigenvalue weighted by atomic mass is 9.91. The van der Waals surface area contributed by atoms with Crippen molar-refractivity contribution in [2.75, 3.05) is 0 Å². The van der Waals surface area contributed by atoms with Gasteiger partial charge in [-0.25, -0.2) is 0 Å². The van der Waals surface area contributed by atoms with Crippen LogP contribution in [-0.4, -0.2) is 11.4 Å². The second kappa shape index (κ2) is 6.39. The molecule has 1 heterocycles. The SMILES string of the molecule is O=C(c1ccccc1)[C@@]1(C#Cc2ccccc2)OC1c1ccccc1. The summed E-state index contributed by atoms with van der Waals surface area (Å²) in [4.78, 5) is 13.1. The maximum atomic E-state index is 13.1. The Morgan fingerprint density at radius 3 is 2.00 bits per heavy atom. The van der Waals surface area contributed by atoms with Gasteiger partial charge in [-0.2, -0.15) is 0 Å². The highest BCUT2D eigenvalue weighted by Crippen LogP contribution is 2.51. The van der Waals surface area contributed by atoms with E-state index in [4.69, 9.17) is 4.74 Å². The molecule has 0 N–H and O–H groups in total. The van der Waals surface area contributed by atoms with Gasteiger partial charge in [0, 0.05) is 11.1 Å². The van der Waals surface area contributed by atoms with Gasteiger partial charge < -0.3 is 4.74 Å². The molecule has 2 nitrogen and oxygen atoms in total. The molecular formula is C23H16O2. The minimum Gasteiger partial charge on any atom is -0.339 e. The van der Waals surface area contributed by atoms with Crippen LogP contribution in [0, 0.1) is 11.8 Å². The Bertz CT molecular complexity index is 937. The molecule has 0 aromatic heterocycles. The molecule has 2 atom stereocenters. The summed E-state index contributed by atoms with van der Waals surface area (Å²) in [5.74, 6) is 6.12. The number of ether oxygens (including phenoxy) is 1. The predicted molar refractivity (Wildman–Crippen MR) is 97.1 cm³/mol. The number of hydrogen-bond acceptors (Lipinski definition) is 2. The van der Waals surface area contributed by atoms with Crippen LogP contribution in [0.25, 0.3) is 0 Å². The first kappa shape index (κ1) is 15.4. The smallest absolute Gasteiger partial charge is 0.223 e. The molecule has 0 radical (unpaired) electrons. The number of epoxide rings is 1. The fraction of sp³-hybridized carbons (Fsp3) is 0.0870. The third kappa shape index (κ3) is 2.98. The topological polar surface area (TPSA) is 29.6 Å². The first-order chi connectivity index (χ1) is 12.3. The standard InChI is InChI=1S/C23H16O2/c24-21(19-12-6-2-7-13-19)23(17-16-18-10-4-1-5-11-18)22(25-23)20-14-8-3-9-15-20/h1-15,22H/t22?,23-/m1/s1. The van der Waals surface area contributed by atoms with Crippen LogP contribution in [0.1, 0.15) is 27.6 Å². The van der Waals surface area contributed by atoms with E-state index >= 15 is 0 Å². The van der Waals surface area contributed by atoms with E-state index in [1.165, 1.54) is 0 Å². The van der Waals surface area contributed by atoms with Crippen LogP contribution in [0.15, 0.2) is 91.0 Å². The quantitative estimate of drug-likeness (QED) is 0.405. The minimum atomic E-state index is -1.11. The minimum absolute atomic E-state index is 0.0922. The molecule has 1 saturated heterocycles. The monoisotopic (exact) mass is 324 g/mol. The maximum Gasteiger partial charge on any atom is 0.223 e. The van der Waals surface area contributed by atoms with Gasteiger partial charge in [0.2, 0.25) is 11.4 Å². The summed E-state index contributed by atoms with van der Waals surface area (Å²) in [5, 5.41) is 0. The molecule has 1 fully saturated rings. The Balaban J connectivity index is 1.73. The van der Waals surface area contributed by atoms with Gasteiger partial charge in [0.1, 0.15) is 6.10 Å². The maximum absolute atomic E-state index is 13.1. The summed E-state index contributed by atoms with van der Waals surface area (Å²) in [6, 6.07) is 28.6. The molecule has 1 unspecified atom stereocenters. The zero-order valence-corrected chi connectivity index (χ0v) is 13.6. The first-order valence-electron chi connectivity index (χ1n) is 8.20. The van der Waals surface area contributed by atoms with Crippen LogP contribution < -0.4 is 0 Å². The largest absolute Gasteiger partial charge is 0.339 e. The van der Waals surface area contributed by atoms with Crippen LogP contribution >= 0.6 is 0 Å². The molecule has 0 aliphatic carbocycles. The molecule has 3 aromatic rings. The summed E-state index contributed by atoms with van der Waals surface area (Å²) in [6.45, 7) is 0. The van der Waals surface area contributed by atoms with E-state index in [-0.39, 0.29) is 11.9 Å². The number of hydrogen-bond donors (Lipinski definition) is 0. The summed E-state index contributed by atoms with van der Waals surface area (Å²) in [6.07, 6.45) is -0.336. The average molecular weight is 324 g/mol.